The van der Waals surface area contributed by atoms with Crippen molar-refractivity contribution in [3.05, 3.63) is 35.9 Å². The van der Waals surface area contributed by atoms with Crippen LogP contribution < -0.4 is 27.4 Å². The number of nitrogens with two attached hydrogens (primary N) is 2. The number of nitrogens with one attached hydrogen (secondary N) is 3. The first-order valence-corrected chi connectivity index (χ1v) is 11.3. The standard InChI is InChI=1S/C23H35N5O7/c1-3-13(2)19(23(34)35)28-21(32)16(9-10-18(25)30)26-22(33)17(12-29)27-20(31)15(24)11-14-7-5-4-6-8-14/h4-8,13,15-17,19,29H,3,9-12,24H2,1-2H3,(H2,25,30)(H,26,33)(H,27,31)(H,28,32)(H,34,35). The fraction of sp³-hybridized carbons (Fsp3) is 0.522. The Balaban J connectivity index is 2.88. The second-order valence-electron chi connectivity index (χ2n) is 8.32. The molecule has 0 heterocycles. The van der Waals surface area contributed by atoms with Crippen molar-refractivity contribution in [2.45, 2.75) is 63.7 Å². The quantitative estimate of drug-likeness (QED) is 0.151. The lowest BCUT2D eigenvalue weighted by molar-refractivity contribution is -0.144. The molecule has 194 valence electrons. The molecule has 1 rings (SSSR count). The number of hydrogen-bond donors (Lipinski definition) is 7. The van der Waals surface area contributed by atoms with Crippen LogP contribution in [0.3, 0.4) is 0 Å². The maximum Gasteiger partial charge on any atom is 0.326 e. The van der Waals surface area contributed by atoms with Crippen LogP contribution >= 0.6 is 0 Å². The van der Waals surface area contributed by atoms with Gasteiger partial charge in [0.1, 0.15) is 18.1 Å². The summed E-state index contributed by atoms with van der Waals surface area (Å²) in [6.07, 6.45) is 0.191. The van der Waals surface area contributed by atoms with Gasteiger partial charge in [0, 0.05) is 6.42 Å². The molecule has 35 heavy (non-hydrogen) atoms. The lowest BCUT2D eigenvalue weighted by atomic mass is 9.98. The molecule has 0 saturated carbocycles. The highest BCUT2D eigenvalue weighted by Gasteiger charge is 2.31. The smallest absolute Gasteiger partial charge is 0.326 e. The molecule has 0 aliphatic carbocycles. The molecule has 4 amide bonds. The molecule has 0 aliphatic heterocycles. The van der Waals surface area contributed by atoms with Crippen LogP contribution in [-0.2, 0) is 30.4 Å². The van der Waals surface area contributed by atoms with E-state index in [-0.39, 0.29) is 19.3 Å². The Morgan fingerprint density at radius 3 is 2.03 bits per heavy atom. The predicted molar refractivity (Wildman–Crippen MR) is 127 cm³/mol. The van der Waals surface area contributed by atoms with Gasteiger partial charge < -0.3 is 37.6 Å². The Hall–Kier alpha value is -3.51. The Bertz CT molecular complexity index is 880. The van der Waals surface area contributed by atoms with E-state index in [0.717, 1.165) is 5.56 Å². The number of benzene rings is 1. The normalized spacial score (nSPS) is 15.1. The summed E-state index contributed by atoms with van der Waals surface area (Å²) in [5, 5.41) is 26.1. The van der Waals surface area contributed by atoms with E-state index in [1.54, 1.807) is 38.1 Å². The summed E-state index contributed by atoms with van der Waals surface area (Å²) in [7, 11) is 0. The minimum Gasteiger partial charge on any atom is -0.480 e. The summed E-state index contributed by atoms with van der Waals surface area (Å²) >= 11 is 0. The van der Waals surface area contributed by atoms with Crippen molar-refractivity contribution >= 4 is 29.6 Å². The van der Waals surface area contributed by atoms with E-state index >= 15 is 0 Å². The number of hydrogen-bond acceptors (Lipinski definition) is 7. The monoisotopic (exact) mass is 493 g/mol. The third-order valence-electron chi connectivity index (χ3n) is 5.54. The highest BCUT2D eigenvalue weighted by molar-refractivity contribution is 5.94. The van der Waals surface area contributed by atoms with Gasteiger partial charge in [-0.3, -0.25) is 19.2 Å². The van der Waals surface area contributed by atoms with Gasteiger partial charge in [0.15, 0.2) is 0 Å². The van der Waals surface area contributed by atoms with E-state index in [2.05, 4.69) is 16.0 Å². The number of aliphatic hydroxyl groups excluding tert-OH is 1. The molecule has 0 aromatic heterocycles. The van der Waals surface area contributed by atoms with Crippen LogP contribution in [0.4, 0.5) is 0 Å². The van der Waals surface area contributed by atoms with E-state index in [1.165, 1.54) is 0 Å². The van der Waals surface area contributed by atoms with Gasteiger partial charge in [-0.1, -0.05) is 50.6 Å². The Morgan fingerprint density at radius 2 is 1.51 bits per heavy atom. The van der Waals surface area contributed by atoms with Crippen LogP contribution in [-0.4, -0.2) is 70.6 Å². The Labute approximate surface area is 203 Å². The molecule has 12 nitrogen and oxygen atoms in total. The van der Waals surface area contributed by atoms with Crippen LogP contribution in [0.15, 0.2) is 30.3 Å². The van der Waals surface area contributed by atoms with E-state index in [9.17, 15) is 34.2 Å². The van der Waals surface area contributed by atoms with Crippen LogP contribution in [0.25, 0.3) is 0 Å². The first-order chi connectivity index (χ1) is 16.5. The number of rotatable bonds is 15. The summed E-state index contributed by atoms with van der Waals surface area (Å²) in [4.78, 5) is 60.7. The summed E-state index contributed by atoms with van der Waals surface area (Å²) in [5.41, 5.74) is 11.9. The van der Waals surface area contributed by atoms with Gasteiger partial charge in [0.2, 0.25) is 23.6 Å². The molecule has 1 aromatic carbocycles. The number of primary amides is 1. The van der Waals surface area contributed by atoms with Crippen molar-refractivity contribution in [3.8, 4) is 0 Å². The molecule has 0 spiro atoms. The fourth-order valence-corrected chi connectivity index (χ4v) is 3.20. The molecular formula is C23H35N5O7. The molecule has 12 heteroatoms. The first kappa shape index (κ1) is 29.5. The molecule has 9 N–H and O–H groups in total. The van der Waals surface area contributed by atoms with Crippen molar-refractivity contribution in [1.82, 2.24) is 16.0 Å². The summed E-state index contributed by atoms with van der Waals surface area (Å²) < 4.78 is 0. The van der Waals surface area contributed by atoms with Gasteiger partial charge in [-0.05, 0) is 24.3 Å². The second-order valence-corrected chi connectivity index (χ2v) is 8.32. The predicted octanol–water partition coefficient (Wildman–Crippen LogP) is -1.60. The number of aliphatic carboxylic acids is 1. The maximum absolute atomic E-state index is 12.8. The van der Waals surface area contributed by atoms with Crippen LogP contribution in [0.2, 0.25) is 0 Å². The third-order valence-corrected chi connectivity index (χ3v) is 5.54. The van der Waals surface area contributed by atoms with Gasteiger partial charge in [-0.25, -0.2) is 4.79 Å². The average Bonchev–Trinajstić information content (AvgIpc) is 2.82. The lowest BCUT2D eigenvalue weighted by Crippen LogP contribution is -2.58. The topological polar surface area (TPSA) is 214 Å². The number of carbonyl (C=O) groups is 5. The minimum absolute atomic E-state index is 0.197. The van der Waals surface area contributed by atoms with E-state index in [4.69, 9.17) is 11.5 Å². The number of aliphatic hydroxyl groups is 1. The molecule has 0 bridgehead atoms. The minimum atomic E-state index is -1.43. The van der Waals surface area contributed by atoms with E-state index in [1.807, 2.05) is 6.07 Å². The highest BCUT2D eigenvalue weighted by Crippen LogP contribution is 2.09. The maximum atomic E-state index is 12.8. The zero-order chi connectivity index (χ0) is 26.5. The molecule has 5 unspecified atom stereocenters. The van der Waals surface area contributed by atoms with Crippen molar-refractivity contribution < 1.29 is 34.2 Å². The Morgan fingerprint density at radius 1 is 0.943 bits per heavy atom. The summed E-state index contributed by atoms with van der Waals surface area (Å²) in [6.45, 7) is 2.62. The number of amides is 4. The average molecular weight is 494 g/mol. The lowest BCUT2D eigenvalue weighted by Gasteiger charge is -2.26. The van der Waals surface area contributed by atoms with Gasteiger partial charge in [-0.15, -0.1) is 0 Å². The summed E-state index contributed by atoms with van der Waals surface area (Å²) in [5.74, 6) is -4.82. The number of carboxylic acid groups (broad SMARTS) is 1. The molecule has 0 saturated heterocycles. The van der Waals surface area contributed by atoms with Crippen molar-refractivity contribution in [2.24, 2.45) is 17.4 Å². The first-order valence-electron chi connectivity index (χ1n) is 11.3. The van der Waals surface area contributed by atoms with Crippen LogP contribution in [0, 0.1) is 5.92 Å². The molecule has 0 fully saturated rings. The zero-order valence-electron chi connectivity index (χ0n) is 19.9. The number of carboxylic acids is 1. The fourth-order valence-electron chi connectivity index (χ4n) is 3.20. The SMILES string of the molecule is CCC(C)C(NC(=O)C(CCC(N)=O)NC(=O)C(CO)NC(=O)C(N)Cc1ccccc1)C(=O)O. The van der Waals surface area contributed by atoms with Gasteiger partial charge in [0.25, 0.3) is 0 Å². The molecule has 1 aromatic rings. The zero-order valence-corrected chi connectivity index (χ0v) is 19.9. The van der Waals surface area contributed by atoms with E-state index in [0.29, 0.717) is 6.42 Å². The van der Waals surface area contributed by atoms with Gasteiger partial charge in [0.05, 0.1) is 12.6 Å². The molecular weight excluding hydrogens is 458 g/mol. The summed E-state index contributed by atoms with van der Waals surface area (Å²) in [6, 6.07) is 3.99. The van der Waals surface area contributed by atoms with Crippen molar-refractivity contribution in [2.75, 3.05) is 6.61 Å². The third kappa shape index (κ3) is 10.1. The van der Waals surface area contributed by atoms with Crippen molar-refractivity contribution in [3.63, 3.8) is 0 Å². The largest absolute Gasteiger partial charge is 0.480 e. The molecule has 0 radical (unpaired) electrons. The van der Waals surface area contributed by atoms with Crippen LogP contribution in [0.5, 0.6) is 0 Å². The van der Waals surface area contributed by atoms with Crippen LogP contribution in [0.1, 0.15) is 38.7 Å². The van der Waals surface area contributed by atoms with Crippen molar-refractivity contribution in [1.29, 1.82) is 0 Å². The Kier molecular flexibility index (Phi) is 12.4. The highest BCUT2D eigenvalue weighted by atomic mass is 16.4. The van der Waals surface area contributed by atoms with Gasteiger partial charge >= 0.3 is 5.97 Å². The number of carbonyl (C=O) groups excluding carboxylic acids is 4. The second kappa shape index (κ2) is 14.7. The van der Waals surface area contributed by atoms with E-state index < -0.39 is 66.3 Å². The molecule has 0 aliphatic rings. The van der Waals surface area contributed by atoms with Gasteiger partial charge in [-0.2, -0.15) is 0 Å². The molecule has 5 atom stereocenters.